The average Bonchev–Trinajstić information content (AvgIpc) is 2.71. The number of benzene rings is 2. The first kappa shape index (κ1) is 11.1. The van der Waals surface area contributed by atoms with Crippen LogP contribution in [-0.4, -0.2) is 4.57 Å². The van der Waals surface area contributed by atoms with Crippen LogP contribution in [0.1, 0.15) is 19.4 Å². The molecule has 2 aromatic carbocycles. The summed E-state index contributed by atoms with van der Waals surface area (Å²) in [6.07, 6.45) is 0. The van der Waals surface area contributed by atoms with Gasteiger partial charge in [-0.25, -0.2) is 0 Å². The number of nitrogens with zero attached hydrogens (tertiary/aromatic N) is 1. The minimum Gasteiger partial charge on any atom is -0.341 e. The van der Waals surface area contributed by atoms with Gasteiger partial charge in [-0.1, -0.05) is 36.4 Å². The Morgan fingerprint density at radius 1 is 1.06 bits per heavy atom. The first-order chi connectivity index (χ1) is 8.72. The maximum atomic E-state index is 4.03. The van der Waals surface area contributed by atoms with Gasteiger partial charge in [0.15, 0.2) is 0 Å². The average molecular weight is 235 g/mol. The molecule has 0 aliphatic rings. The van der Waals surface area contributed by atoms with Gasteiger partial charge in [0.1, 0.15) is 0 Å². The second kappa shape index (κ2) is 4.02. The molecular weight excluding hydrogens is 218 g/mol. The van der Waals surface area contributed by atoms with Crippen molar-refractivity contribution in [2.24, 2.45) is 0 Å². The van der Waals surface area contributed by atoms with E-state index in [9.17, 15) is 0 Å². The number of para-hydroxylation sites is 1. The van der Waals surface area contributed by atoms with Crippen molar-refractivity contribution in [1.29, 1.82) is 0 Å². The molecule has 3 rings (SSSR count). The van der Waals surface area contributed by atoms with Crippen molar-refractivity contribution in [3.63, 3.8) is 0 Å². The molecule has 0 saturated heterocycles. The molecule has 1 heteroatoms. The lowest BCUT2D eigenvalue weighted by Gasteiger charge is -2.03. The smallest absolute Gasteiger partial charge is 0.0491 e. The highest BCUT2D eigenvalue weighted by molar-refractivity contribution is 6.08. The van der Waals surface area contributed by atoms with Crippen LogP contribution in [0.3, 0.4) is 0 Å². The largest absolute Gasteiger partial charge is 0.341 e. The first-order valence-corrected chi connectivity index (χ1v) is 6.39. The molecule has 0 spiro atoms. The SMILES string of the molecule is C=C(C)c1ccc2c(c1)c1ccccc1n2CC. The minimum absolute atomic E-state index is 0.996. The Morgan fingerprint density at radius 3 is 2.50 bits per heavy atom. The van der Waals surface area contributed by atoms with E-state index in [0.717, 1.165) is 12.1 Å². The molecule has 0 fully saturated rings. The predicted octanol–water partition coefficient (Wildman–Crippen LogP) is 4.85. The highest BCUT2D eigenvalue weighted by Crippen LogP contribution is 2.30. The molecule has 0 saturated carbocycles. The Labute approximate surface area is 107 Å². The van der Waals surface area contributed by atoms with E-state index >= 15 is 0 Å². The van der Waals surface area contributed by atoms with Crippen molar-refractivity contribution in [1.82, 2.24) is 4.57 Å². The normalized spacial score (nSPS) is 11.2. The third-order valence-electron chi connectivity index (χ3n) is 3.58. The monoisotopic (exact) mass is 235 g/mol. The van der Waals surface area contributed by atoms with Gasteiger partial charge in [-0.2, -0.15) is 0 Å². The standard InChI is InChI=1S/C17H17N/c1-4-18-16-8-6-5-7-14(16)15-11-13(12(2)3)9-10-17(15)18/h5-11H,2,4H2,1,3H3. The second-order valence-electron chi connectivity index (χ2n) is 4.77. The van der Waals surface area contributed by atoms with Crippen LogP contribution in [0.4, 0.5) is 0 Å². The second-order valence-corrected chi connectivity index (χ2v) is 4.77. The van der Waals surface area contributed by atoms with E-state index in [1.165, 1.54) is 27.4 Å². The molecular formula is C17H17N. The number of hydrogen-bond acceptors (Lipinski definition) is 0. The Bertz CT molecular complexity index is 747. The summed E-state index contributed by atoms with van der Waals surface area (Å²) in [5.41, 5.74) is 4.96. The summed E-state index contributed by atoms with van der Waals surface area (Å²) in [6, 6.07) is 15.2. The summed E-state index contributed by atoms with van der Waals surface area (Å²) < 4.78 is 2.37. The molecule has 3 aromatic rings. The summed E-state index contributed by atoms with van der Waals surface area (Å²) in [4.78, 5) is 0. The van der Waals surface area contributed by atoms with Gasteiger partial charge in [-0.05, 0) is 37.6 Å². The van der Waals surface area contributed by atoms with Crippen LogP contribution in [-0.2, 0) is 6.54 Å². The molecule has 18 heavy (non-hydrogen) atoms. The van der Waals surface area contributed by atoms with E-state index in [-0.39, 0.29) is 0 Å². The Kier molecular flexibility index (Phi) is 2.48. The summed E-state index contributed by atoms with van der Waals surface area (Å²) in [7, 11) is 0. The van der Waals surface area contributed by atoms with Crippen molar-refractivity contribution in [3.05, 3.63) is 54.6 Å². The van der Waals surface area contributed by atoms with E-state index in [0.29, 0.717) is 0 Å². The summed E-state index contributed by atoms with van der Waals surface area (Å²) in [5, 5.41) is 2.66. The maximum absolute atomic E-state index is 4.03. The molecule has 0 unspecified atom stereocenters. The fourth-order valence-corrected chi connectivity index (χ4v) is 2.66. The Balaban J connectivity index is 2.48. The number of hydrogen-bond donors (Lipinski definition) is 0. The van der Waals surface area contributed by atoms with Crippen molar-refractivity contribution in [3.8, 4) is 0 Å². The number of rotatable bonds is 2. The quantitative estimate of drug-likeness (QED) is 0.598. The lowest BCUT2D eigenvalue weighted by molar-refractivity contribution is 0.827. The molecule has 0 bridgehead atoms. The summed E-state index contributed by atoms with van der Waals surface area (Å²) in [5.74, 6) is 0. The van der Waals surface area contributed by atoms with Crippen molar-refractivity contribution in [2.75, 3.05) is 0 Å². The van der Waals surface area contributed by atoms with Gasteiger partial charge in [0.05, 0.1) is 0 Å². The zero-order valence-electron chi connectivity index (χ0n) is 10.9. The molecule has 1 nitrogen and oxygen atoms in total. The predicted molar refractivity (Wildman–Crippen MR) is 79.8 cm³/mol. The lowest BCUT2D eigenvalue weighted by atomic mass is 10.1. The molecule has 0 N–H and O–H groups in total. The van der Waals surface area contributed by atoms with Gasteiger partial charge < -0.3 is 4.57 Å². The fraction of sp³-hybridized carbons (Fsp3) is 0.176. The molecule has 0 aliphatic heterocycles. The van der Waals surface area contributed by atoms with E-state index in [4.69, 9.17) is 0 Å². The van der Waals surface area contributed by atoms with Crippen LogP contribution in [0.25, 0.3) is 27.4 Å². The topological polar surface area (TPSA) is 4.93 Å². The van der Waals surface area contributed by atoms with Gasteiger partial charge in [0, 0.05) is 28.4 Å². The van der Waals surface area contributed by atoms with Crippen molar-refractivity contribution < 1.29 is 0 Å². The number of aromatic nitrogens is 1. The van der Waals surface area contributed by atoms with Gasteiger partial charge >= 0.3 is 0 Å². The van der Waals surface area contributed by atoms with Gasteiger partial charge in [-0.3, -0.25) is 0 Å². The van der Waals surface area contributed by atoms with Crippen molar-refractivity contribution in [2.45, 2.75) is 20.4 Å². The highest BCUT2D eigenvalue weighted by atomic mass is 15.0. The molecule has 0 atom stereocenters. The third kappa shape index (κ3) is 1.47. The zero-order chi connectivity index (χ0) is 12.7. The van der Waals surface area contributed by atoms with Gasteiger partial charge in [-0.15, -0.1) is 0 Å². The highest BCUT2D eigenvalue weighted by Gasteiger charge is 2.09. The lowest BCUT2D eigenvalue weighted by Crippen LogP contribution is -1.92. The molecule has 0 amide bonds. The van der Waals surface area contributed by atoms with Crippen LogP contribution in [0.15, 0.2) is 49.0 Å². The van der Waals surface area contributed by atoms with Crippen LogP contribution in [0, 0.1) is 0 Å². The molecule has 1 heterocycles. The summed E-state index contributed by atoms with van der Waals surface area (Å²) >= 11 is 0. The third-order valence-corrected chi connectivity index (χ3v) is 3.58. The minimum atomic E-state index is 0.996. The maximum Gasteiger partial charge on any atom is 0.0491 e. The number of fused-ring (bicyclic) bond motifs is 3. The molecule has 0 radical (unpaired) electrons. The fourth-order valence-electron chi connectivity index (χ4n) is 2.66. The summed E-state index contributed by atoms with van der Waals surface area (Å²) in [6.45, 7) is 9.28. The van der Waals surface area contributed by atoms with E-state index in [1.807, 2.05) is 0 Å². The molecule has 90 valence electrons. The molecule has 0 aliphatic carbocycles. The number of allylic oxidation sites excluding steroid dienone is 1. The van der Waals surface area contributed by atoms with Crippen LogP contribution in [0.2, 0.25) is 0 Å². The van der Waals surface area contributed by atoms with E-state index in [2.05, 4.69) is 67.5 Å². The van der Waals surface area contributed by atoms with Crippen LogP contribution in [0.5, 0.6) is 0 Å². The van der Waals surface area contributed by atoms with E-state index < -0.39 is 0 Å². The first-order valence-electron chi connectivity index (χ1n) is 6.39. The van der Waals surface area contributed by atoms with E-state index in [1.54, 1.807) is 0 Å². The van der Waals surface area contributed by atoms with Crippen LogP contribution < -0.4 is 0 Å². The van der Waals surface area contributed by atoms with Crippen molar-refractivity contribution >= 4 is 27.4 Å². The van der Waals surface area contributed by atoms with Crippen LogP contribution >= 0.6 is 0 Å². The zero-order valence-corrected chi connectivity index (χ0v) is 10.9. The van der Waals surface area contributed by atoms with Gasteiger partial charge in [0.25, 0.3) is 0 Å². The molecule has 1 aromatic heterocycles. The Morgan fingerprint density at radius 2 is 1.78 bits per heavy atom. The Hall–Kier alpha value is -2.02. The number of aryl methyl sites for hydroxylation is 1. The van der Waals surface area contributed by atoms with Gasteiger partial charge in [0.2, 0.25) is 0 Å².